The molecule has 3 aromatic rings. The van der Waals surface area contributed by atoms with E-state index in [1.54, 1.807) is 33.2 Å². The van der Waals surface area contributed by atoms with E-state index in [0.717, 1.165) is 16.7 Å². The van der Waals surface area contributed by atoms with E-state index in [1.807, 2.05) is 49.4 Å². The Kier molecular flexibility index (Phi) is 12.1. The Morgan fingerprint density at radius 1 is 1.00 bits per heavy atom. The predicted octanol–water partition coefficient (Wildman–Crippen LogP) is 2.20. The molecule has 1 aromatic heterocycles. The predicted molar refractivity (Wildman–Crippen MR) is 166 cm³/mol. The van der Waals surface area contributed by atoms with Crippen LogP contribution in [-0.4, -0.2) is 71.1 Å². The first-order chi connectivity index (χ1) is 21.4. The SMILES string of the molecule is Cc1ccc(CNC(=O)[C@H](CCc2ccc(C=C(C#N)C(=O)N(C)C)cc2)NC(=O)[C@@H](NC(=O)c2cc(C)on2)[C@@H](C)O)cc1. The van der Waals surface area contributed by atoms with Crippen molar-refractivity contribution in [2.24, 2.45) is 0 Å². The van der Waals surface area contributed by atoms with Crippen LogP contribution >= 0.6 is 0 Å². The number of carbonyl (C=O) groups is 4. The van der Waals surface area contributed by atoms with Crippen molar-refractivity contribution in [1.82, 2.24) is 26.0 Å². The van der Waals surface area contributed by atoms with Gasteiger partial charge in [0.1, 0.15) is 29.5 Å². The number of rotatable bonds is 13. The number of aromatic nitrogens is 1. The highest BCUT2D eigenvalue weighted by Crippen LogP contribution is 2.13. The molecule has 0 fully saturated rings. The van der Waals surface area contributed by atoms with Crippen molar-refractivity contribution < 1.29 is 28.8 Å². The van der Waals surface area contributed by atoms with E-state index in [4.69, 9.17) is 4.52 Å². The number of nitriles is 1. The van der Waals surface area contributed by atoms with Crippen molar-refractivity contribution in [2.75, 3.05) is 14.1 Å². The molecule has 0 unspecified atom stereocenters. The lowest BCUT2D eigenvalue weighted by Crippen LogP contribution is -2.57. The molecular formula is C33H38N6O6. The van der Waals surface area contributed by atoms with Gasteiger partial charge >= 0.3 is 0 Å². The van der Waals surface area contributed by atoms with Crippen molar-refractivity contribution in [3.8, 4) is 6.07 Å². The number of hydrogen-bond donors (Lipinski definition) is 4. The molecule has 0 aliphatic carbocycles. The highest BCUT2D eigenvalue weighted by Gasteiger charge is 2.30. The highest BCUT2D eigenvalue weighted by atomic mass is 16.5. The smallest absolute Gasteiger partial charge is 0.274 e. The van der Waals surface area contributed by atoms with Crippen LogP contribution in [0, 0.1) is 25.2 Å². The van der Waals surface area contributed by atoms with Gasteiger partial charge < -0.3 is 30.5 Å². The average molecular weight is 615 g/mol. The Hall–Kier alpha value is -5.28. The lowest BCUT2D eigenvalue weighted by atomic mass is 10.0. The molecule has 1 heterocycles. The summed E-state index contributed by atoms with van der Waals surface area (Å²) in [5, 5.41) is 31.3. The van der Waals surface area contributed by atoms with E-state index in [9.17, 15) is 29.5 Å². The van der Waals surface area contributed by atoms with Crippen LogP contribution in [0.25, 0.3) is 6.08 Å². The number of benzene rings is 2. The molecule has 4 amide bonds. The Balaban J connectivity index is 1.75. The summed E-state index contributed by atoms with van der Waals surface area (Å²) >= 11 is 0. The lowest BCUT2D eigenvalue weighted by Gasteiger charge is -2.24. The molecule has 0 spiro atoms. The second kappa shape index (κ2) is 16.0. The van der Waals surface area contributed by atoms with Gasteiger partial charge in [0.2, 0.25) is 11.8 Å². The van der Waals surface area contributed by atoms with E-state index in [2.05, 4.69) is 21.1 Å². The second-order valence-electron chi connectivity index (χ2n) is 10.9. The number of aliphatic hydroxyl groups excluding tert-OH is 1. The van der Waals surface area contributed by atoms with Crippen molar-refractivity contribution in [3.05, 3.63) is 93.9 Å². The van der Waals surface area contributed by atoms with Gasteiger partial charge in [0.25, 0.3) is 11.8 Å². The third-order valence-corrected chi connectivity index (χ3v) is 6.90. The molecule has 12 nitrogen and oxygen atoms in total. The molecule has 236 valence electrons. The van der Waals surface area contributed by atoms with Crippen LogP contribution in [0.15, 0.2) is 64.7 Å². The molecule has 0 saturated heterocycles. The Morgan fingerprint density at radius 2 is 1.64 bits per heavy atom. The van der Waals surface area contributed by atoms with Gasteiger partial charge in [-0.2, -0.15) is 5.26 Å². The number of amides is 4. The molecule has 0 aliphatic rings. The minimum atomic E-state index is -1.37. The van der Waals surface area contributed by atoms with E-state index in [1.165, 1.54) is 24.0 Å². The zero-order valence-electron chi connectivity index (χ0n) is 26.0. The monoisotopic (exact) mass is 614 g/mol. The molecule has 45 heavy (non-hydrogen) atoms. The molecule has 3 atom stereocenters. The summed E-state index contributed by atoms with van der Waals surface area (Å²) < 4.78 is 4.92. The fourth-order valence-corrected chi connectivity index (χ4v) is 4.28. The number of aryl methyl sites for hydroxylation is 3. The number of hydrogen-bond acceptors (Lipinski definition) is 8. The third kappa shape index (κ3) is 10.1. The van der Waals surface area contributed by atoms with Gasteiger partial charge in [-0.1, -0.05) is 59.3 Å². The molecule has 0 radical (unpaired) electrons. The van der Waals surface area contributed by atoms with Crippen LogP contribution in [0.1, 0.15) is 51.8 Å². The quantitative estimate of drug-likeness (QED) is 0.167. The summed E-state index contributed by atoms with van der Waals surface area (Å²) in [4.78, 5) is 52.8. The largest absolute Gasteiger partial charge is 0.391 e. The van der Waals surface area contributed by atoms with E-state index in [-0.39, 0.29) is 24.2 Å². The number of aliphatic hydroxyl groups is 1. The van der Waals surface area contributed by atoms with Crippen LogP contribution in [0.3, 0.4) is 0 Å². The number of nitrogens with one attached hydrogen (secondary N) is 3. The summed E-state index contributed by atoms with van der Waals surface area (Å²) in [6, 6.07) is 15.7. The standard InChI is InChI=1S/C33H38N6O6/c1-20-6-8-25(9-7-20)19-35-30(41)27(36-32(43)29(22(3)40)37-31(42)28-16-21(2)45-38-28)15-14-23-10-12-24(13-11-23)17-26(18-34)33(44)39(4)5/h6-13,16-17,22,27,29,40H,14-15,19H2,1-5H3,(H,35,41)(H,36,43)(H,37,42)/t22-,27+,29+/m1/s1. The van der Waals surface area contributed by atoms with Gasteiger partial charge in [-0.25, -0.2) is 0 Å². The maximum absolute atomic E-state index is 13.3. The summed E-state index contributed by atoms with van der Waals surface area (Å²) in [5.41, 5.74) is 3.41. The summed E-state index contributed by atoms with van der Waals surface area (Å²) in [6.45, 7) is 5.17. The molecular weight excluding hydrogens is 576 g/mol. The normalized spacial score (nSPS) is 13.1. The van der Waals surface area contributed by atoms with Crippen LogP contribution in [-0.2, 0) is 27.3 Å². The molecule has 0 aliphatic heterocycles. The fraction of sp³-hybridized carbons (Fsp3) is 0.333. The zero-order valence-corrected chi connectivity index (χ0v) is 26.0. The molecule has 2 aromatic carbocycles. The molecule has 0 saturated carbocycles. The molecule has 0 bridgehead atoms. The van der Waals surface area contributed by atoms with E-state index >= 15 is 0 Å². The Labute approximate surface area is 262 Å². The minimum Gasteiger partial charge on any atom is -0.391 e. The summed E-state index contributed by atoms with van der Waals surface area (Å²) in [7, 11) is 3.13. The lowest BCUT2D eigenvalue weighted by molar-refractivity contribution is -0.131. The number of nitrogens with zero attached hydrogens (tertiary/aromatic N) is 3. The zero-order chi connectivity index (χ0) is 33.1. The molecule has 3 rings (SSSR count). The maximum Gasteiger partial charge on any atom is 0.274 e. The molecule has 4 N–H and O–H groups in total. The van der Waals surface area contributed by atoms with E-state index in [0.29, 0.717) is 17.7 Å². The summed E-state index contributed by atoms with van der Waals surface area (Å²) in [6.07, 6.45) is 0.806. The third-order valence-electron chi connectivity index (χ3n) is 6.90. The van der Waals surface area contributed by atoms with Gasteiger partial charge in [-0.15, -0.1) is 0 Å². The van der Waals surface area contributed by atoms with Gasteiger partial charge in [0.05, 0.1) is 6.10 Å². The van der Waals surface area contributed by atoms with Crippen molar-refractivity contribution in [1.29, 1.82) is 5.26 Å². The average Bonchev–Trinajstić information content (AvgIpc) is 3.46. The Morgan fingerprint density at radius 3 is 2.20 bits per heavy atom. The topological polar surface area (TPSA) is 178 Å². The number of carbonyl (C=O) groups excluding carboxylic acids is 4. The second-order valence-corrected chi connectivity index (χ2v) is 10.9. The van der Waals surface area contributed by atoms with Crippen molar-refractivity contribution in [3.63, 3.8) is 0 Å². The van der Waals surface area contributed by atoms with Crippen LogP contribution in [0.2, 0.25) is 0 Å². The van der Waals surface area contributed by atoms with Gasteiger partial charge in [0, 0.05) is 26.7 Å². The molecule has 12 heteroatoms. The van der Waals surface area contributed by atoms with Crippen molar-refractivity contribution in [2.45, 2.75) is 58.3 Å². The first-order valence-electron chi connectivity index (χ1n) is 14.4. The summed E-state index contributed by atoms with van der Waals surface area (Å²) in [5.74, 6) is -1.90. The van der Waals surface area contributed by atoms with Gasteiger partial charge in [0.15, 0.2) is 5.69 Å². The van der Waals surface area contributed by atoms with Gasteiger partial charge in [-0.05, 0) is 56.4 Å². The first-order valence-corrected chi connectivity index (χ1v) is 14.4. The Bertz CT molecular complexity index is 1570. The van der Waals surface area contributed by atoms with Crippen molar-refractivity contribution >= 4 is 29.7 Å². The van der Waals surface area contributed by atoms with Crippen LogP contribution in [0.4, 0.5) is 0 Å². The minimum absolute atomic E-state index is 0.000725. The van der Waals surface area contributed by atoms with E-state index < -0.39 is 41.8 Å². The maximum atomic E-state index is 13.3. The van der Waals surface area contributed by atoms with Crippen LogP contribution < -0.4 is 16.0 Å². The fourth-order valence-electron chi connectivity index (χ4n) is 4.28. The highest BCUT2D eigenvalue weighted by molar-refractivity contribution is 6.01. The first kappa shape index (κ1) is 34.2. The van der Waals surface area contributed by atoms with Crippen LogP contribution in [0.5, 0.6) is 0 Å². The van der Waals surface area contributed by atoms with Gasteiger partial charge in [-0.3, -0.25) is 19.2 Å². The number of likely N-dealkylation sites (N-methyl/N-ethyl adjacent to an activating group) is 1.